The molecule has 0 unspecified atom stereocenters. The van der Waals surface area contributed by atoms with Crippen molar-refractivity contribution in [3.63, 3.8) is 0 Å². The Labute approximate surface area is 67.6 Å². The van der Waals surface area contributed by atoms with Crippen LogP contribution in [0.15, 0.2) is 4.99 Å². The van der Waals surface area contributed by atoms with E-state index in [2.05, 4.69) is 15.8 Å². The molecule has 0 fully saturated rings. The van der Waals surface area contributed by atoms with Gasteiger partial charge in [-0.05, 0) is 12.8 Å². The molecule has 0 aromatic carbocycles. The van der Waals surface area contributed by atoms with Crippen molar-refractivity contribution < 1.29 is 4.58 Å². The lowest BCUT2D eigenvalue weighted by Gasteiger charge is -2.07. The van der Waals surface area contributed by atoms with E-state index in [4.69, 9.17) is 0 Å². The molecule has 0 atom stereocenters. The summed E-state index contributed by atoms with van der Waals surface area (Å²) < 4.78 is 2.36. The first-order valence-corrected chi connectivity index (χ1v) is 4.60. The molecule has 2 nitrogen and oxygen atoms in total. The summed E-state index contributed by atoms with van der Waals surface area (Å²) in [6, 6.07) is 0. The molecule has 11 heavy (non-hydrogen) atoms. The van der Waals surface area contributed by atoms with E-state index < -0.39 is 0 Å². The standard InChI is InChI=1S/C9H15N2/c1-2-5-9-10-6-4-8-11(9)7-3-1/h7H,1-6,8H2/q+1. The van der Waals surface area contributed by atoms with Crippen LogP contribution in [0.25, 0.3) is 0 Å². The zero-order chi connectivity index (χ0) is 7.52. The van der Waals surface area contributed by atoms with E-state index in [1.54, 1.807) is 0 Å². The molecule has 2 aliphatic rings. The summed E-state index contributed by atoms with van der Waals surface area (Å²) in [5.41, 5.74) is 0. The van der Waals surface area contributed by atoms with Gasteiger partial charge in [0.1, 0.15) is 6.54 Å². The van der Waals surface area contributed by atoms with E-state index in [0.29, 0.717) is 0 Å². The lowest BCUT2D eigenvalue weighted by atomic mass is 10.2. The molecule has 0 amide bonds. The summed E-state index contributed by atoms with van der Waals surface area (Å²) in [5, 5.41) is 0. The minimum absolute atomic E-state index is 1.06. The van der Waals surface area contributed by atoms with E-state index in [-0.39, 0.29) is 0 Å². The summed E-state index contributed by atoms with van der Waals surface area (Å²) in [4.78, 5) is 4.52. The lowest BCUT2D eigenvalue weighted by Crippen LogP contribution is -2.26. The summed E-state index contributed by atoms with van der Waals surface area (Å²) in [5.74, 6) is 1.34. The maximum absolute atomic E-state index is 4.52. The third-order valence-electron chi connectivity index (χ3n) is 2.39. The van der Waals surface area contributed by atoms with E-state index in [9.17, 15) is 0 Å². The zero-order valence-corrected chi connectivity index (χ0v) is 6.92. The number of nitrogens with zero attached hydrogens (tertiary/aromatic N) is 2. The molecule has 0 aliphatic carbocycles. The second-order valence-corrected chi connectivity index (χ2v) is 3.27. The molecule has 0 bridgehead atoms. The fourth-order valence-corrected chi connectivity index (χ4v) is 1.76. The van der Waals surface area contributed by atoms with Gasteiger partial charge >= 0.3 is 0 Å². The second kappa shape index (κ2) is 3.16. The predicted molar refractivity (Wildman–Crippen MR) is 46.6 cm³/mol. The number of fused-ring (bicyclic) bond motifs is 1. The first kappa shape index (κ1) is 7.01. The van der Waals surface area contributed by atoms with Gasteiger partial charge < -0.3 is 0 Å². The minimum atomic E-state index is 1.06. The van der Waals surface area contributed by atoms with Crippen LogP contribution in [0.2, 0.25) is 0 Å². The van der Waals surface area contributed by atoms with Crippen molar-refractivity contribution in [2.75, 3.05) is 13.1 Å². The molecule has 2 rings (SSSR count). The Morgan fingerprint density at radius 3 is 3.27 bits per heavy atom. The quantitative estimate of drug-likeness (QED) is 0.466. The smallest absolute Gasteiger partial charge is 0.239 e. The molecule has 0 aromatic heterocycles. The normalized spacial score (nSPS) is 24.7. The fraction of sp³-hybridized carbons (Fsp3) is 0.778. The van der Waals surface area contributed by atoms with Gasteiger partial charge in [0.15, 0.2) is 0 Å². The van der Waals surface area contributed by atoms with E-state index in [1.807, 2.05) is 0 Å². The molecule has 0 spiro atoms. The SMILES string of the molecule is C1=[N+]2CCCN=C2CCCC1. The summed E-state index contributed by atoms with van der Waals surface area (Å²) >= 11 is 0. The number of hydrogen-bond donors (Lipinski definition) is 0. The van der Waals surface area contributed by atoms with Crippen molar-refractivity contribution in [2.24, 2.45) is 4.99 Å². The highest BCUT2D eigenvalue weighted by Crippen LogP contribution is 2.09. The molecule has 60 valence electrons. The number of amidine groups is 1. The Hall–Kier alpha value is -0.660. The van der Waals surface area contributed by atoms with E-state index in [1.165, 1.54) is 44.5 Å². The minimum Gasteiger partial charge on any atom is -0.239 e. The molecule has 0 aromatic rings. The number of rotatable bonds is 0. The van der Waals surface area contributed by atoms with Crippen molar-refractivity contribution in [2.45, 2.75) is 32.1 Å². The lowest BCUT2D eigenvalue weighted by molar-refractivity contribution is -0.411. The van der Waals surface area contributed by atoms with Gasteiger partial charge in [0.05, 0.1) is 19.2 Å². The van der Waals surface area contributed by atoms with Gasteiger partial charge in [-0.2, -0.15) is 0 Å². The second-order valence-electron chi connectivity index (χ2n) is 3.27. The monoisotopic (exact) mass is 151 g/mol. The average molecular weight is 151 g/mol. The van der Waals surface area contributed by atoms with Crippen LogP contribution in [0.3, 0.4) is 0 Å². The van der Waals surface area contributed by atoms with Crippen LogP contribution in [0.4, 0.5) is 0 Å². The maximum atomic E-state index is 4.52. The van der Waals surface area contributed by atoms with Crippen LogP contribution in [0, 0.1) is 0 Å². The summed E-state index contributed by atoms with van der Waals surface area (Å²) in [6.07, 6.45) is 8.68. The topological polar surface area (TPSA) is 15.4 Å². The third kappa shape index (κ3) is 1.50. The van der Waals surface area contributed by atoms with Crippen molar-refractivity contribution in [1.82, 2.24) is 0 Å². The van der Waals surface area contributed by atoms with Crippen molar-refractivity contribution in [3.05, 3.63) is 0 Å². The van der Waals surface area contributed by atoms with Gasteiger partial charge in [-0.25, -0.2) is 4.58 Å². The van der Waals surface area contributed by atoms with Gasteiger partial charge in [0.2, 0.25) is 0 Å². The van der Waals surface area contributed by atoms with E-state index in [0.717, 1.165) is 6.54 Å². The largest absolute Gasteiger partial charge is 0.291 e. The summed E-state index contributed by atoms with van der Waals surface area (Å²) in [6.45, 7) is 2.26. The molecule has 0 radical (unpaired) electrons. The fourth-order valence-electron chi connectivity index (χ4n) is 1.76. The molecule has 2 heteroatoms. The van der Waals surface area contributed by atoms with Gasteiger partial charge in [0, 0.05) is 12.8 Å². The Morgan fingerprint density at radius 1 is 1.27 bits per heavy atom. The van der Waals surface area contributed by atoms with Gasteiger partial charge in [-0.1, -0.05) is 4.99 Å². The highest BCUT2D eigenvalue weighted by atomic mass is 15.1. The Morgan fingerprint density at radius 2 is 2.27 bits per heavy atom. The molecular weight excluding hydrogens is 136 g/mol. The maximum Gasteiger partial charge on any atom is 0.291 e. The molecule has 2 aliphatic heterocycles. The van der Waals surface area contributed by atoms with Crippen LogP contribution in [0.5, 0.6) is 0 Å². The molecule has 0 N–H and O–H groups in total. The highest BCUT2D eigenvalue weighted by molar-refractivity contribution is 5.78. The summed E-state index contributed by atoms with van der Waals surface area (Å²) in [7, 11) is 0. The number of aliphatic imine (C=N–C) groups is 1. The molecular formula is C9H15N2+. The molecule has 0 saturated carbocycles. The first-order chi connectivity index (χ1) is 5.47. The molecule has 2 heterocycles. The van der Waals surface area contributed by atoms with Crippen molar-refractivity contribution in [3.8, 4) is 0 Å². The van der Waals surface area contributed by atoms with E-state index >= 15 is 0 Å². The Bertz CT molecular complexity index is 204. The zero-order valence-electron chi connectivity index (χ0n) is 6.92. The van der Waals surface area contributed by atoms with Gasteiger partial charge in [-0.3, -0.25) is 0 Å². The van der Waals surface area contributed by atoms with Crippen LogP contribution in [0.1, 0.15) is 32.1 Å². The predicted octanol–water partition coefficient (Wildman–Crippen LogP) is 1.45. The van der Waals surface area contributed by atoms with Gasteiger partial charge in [0.25, 0.3) is 5.84 Å². The number of hydrogen-bond acceptors (Lipinski definition) is 1. The molecule has 0 saturated heterocycles. The van der Waals surface area contributed by atoms with Crippen molar-refractivity contribution in [1.29, 1.82) is 0 Å². The Balaban J connectivity index is 2.21. The van der Waals surface area contributed by atoms with Crippen LogP contribution in [-0.4, -0.2) is 29.7 Å². The van der Waals surface area contributed by atoms with Crippen LogP contribution < -0.4 is 0 Å². The Kier molecular flexibility index (Phi) is 2.01. The van der Waals surface area contributed by atoms with Crippen LogP contribution in [-0.2, 0) is 0 Å². The average Bonchev–Trinajstić information content (AvgIpc) is 2.28. The van der Waals surface area contributed by atoms with Gasteiger partial charge in [-0.15, -0.1) is 0 Å². The van der Waals surface area contributed by atoms with Crippen molar-refractivity contribution >= 4 is 12.1 Å². The highest BCUT2D eigenvalue weighted by Gasteiger charge is 2.19. The van der Waals surface area contributed by atoms with Crippen LogP contribution >= 0.6 is 0 Å². The third-order valence-corrected chi connectivity index (χ3v) is 2.39. The first-order valence-electron chi connectivity index (χ1n) is 4.60.